The second-order valence-electron chi connectivity index (χ2n) is 3.42. The van der Waals surface area contributed by atoms with Gasteiger partial charge < -0.3 is 5.11 Å². The Bertz CT molecular complexity index is 641. The summed E-state index contributed by atoms with van der Waals surface area (Å²) in [5.41, 5.74) is 1.07. The van der Waals surface area contributed by atoms with E-state index >= 15 is 0 Å². The molecule has 0 saturated carbocycles. The number of hydrogen-bond donors (Lipinski definition) is 3. The Morgan fingerprint density at radius 2 is 1.74 bits per heavy atom. The molecule has 1 aromatic heterocycles. The molecular weight excluding hydrogens is 281 g/mol. The van der Waals surface area contributed by atoms with Crippen LogP contribution in [0.3, 0.4) is 0 Å². The normalized spacial score (nSPS) is 9.95. The fourth-order valence-electron chi connectivity index (χ4n) is 1.42. The van der Waals surface area contributed by atoms with Gasteiger partial charge in [-0.25, -0.2) is 13.2 Å². The van der Waals surface area contributed by atoms with Gasteiger partial charge in [-0.3, -0.25) is 4.72 Å². The van der Waals surface area contributed by atoms with Crippen LogP contribution >= 0.6 is 11.3 Å². The van der Waals surface area contributed by atoms with Gasteiger partial charge in [0.25, 0.3) is 0 Å². The molecule has 0 unspecified atom stereocenters. The van der Waals surface area contributed by atoms with E-state index in [1.807, 2.05) is 0 Å². The van der Waals surface area contributed by atoms with E-state index in [4.69, 9.17) is 5.11 Å². The van der Waals surface area contributed by atoms with Gasteiger partial charge in [0.1, 0.15) is 5.00 Å². The van der Waals surface area contributed by atoms with E-state index < -0.39 is 16.9 Å². The molecule has 0 amide bonds. The third-order valence-corrected chi connectivity index (χ3v) is 3.85. The summed E-state index contributed by atoms with van der Waals surface area (Å²) in [5.74, 6) is -0.974. The van der Waals surface area contributed by atoms with Crippen molar-refractivity contribution in [2.24, 2.45) is 0 Å². The summed E-state index contributed by atoms with van der Waals surface area (Å²) in [4.78, 5) is 11.6. The summed E-state index contributed by atoms with van der Waals surface area (Å²) in [5, 5.41) is 9.31. The maximum absolute atomic E-state index is 10.7. The van der Waals surface area contributed by atoms with Crippen LogP contribution in [0.5, 0.6) is 0 Å². The summed E-state index contributed by atoms with van der Waals surface area (Å²) in [7, 11) is -2.66. The first kappa shape index (κ1) is 15.8. The van der Waals surface area contributed by atoms with Crippen LogP contribution in [0.1, 0.15) is 10.4 Å². The monoisotopic (exact) mass is 291 g/mol. The van der Waals surface area contributed by atoms with Crippen molar-refractivity contribution in [3.8, 4) is 10.4 Å². The Hall–Kier alpha value is -1.26. The van der Waals surface area contributed by atoms with E-state index in [-0.39, 0.29) is 24.4 Å². The third kappa shape index (κ3) is 4.11. The third-order valence-electron chi connectivity index (χ3n) is 2.22. The Labute approximate surface area is 127 Å². The topological polar surface area (TPSA) is 83.5 Å². The fourth-order valence-corrected chi connectivity index (χ4v) is 2.84. The molecule has 2 rings (SSSR count). The molecule has 2 aromatic rings. The number of thiol groups is 1. The van der Waals surface area contributed by atoms with E-state index in [1.54, 1.807) is 24.3 Å². The maximum atomic E-state index is 10.7. The first-order chi connectivity index (χ1) is 8.56. The molecule has 1 heterocycles. The van der Waals surface area contributed by atoms with Gasteiger partial charge in [-0.2, -0.15) is 0 Å². The molecule has 0 atom stereocenters. The first-order valence-electron chi connectivity index (χ1n) is 4.91. The summed E-state index contributed by atoms with van der Waals surface area (Å²) in [6, 6.07) is 9.85. The van der Waals surface area contributed by atoms with E-state index in [9.17, 15) is 13.2 Å². The predicted octanol–water partition coefficient (Wildman–Crippen LogP) is 1.40. The Morgan fingerprint density at radius 3 is 2.26 bits per heavy atom. The van der Waals surface area contributed by atoms with Gasteiger partial charge in [0, 0.05) is 4.88 Å². The molecule has 0 fully saturated rings. The van der Waals surface area contributed by atoms with Crippen LogP contribution in [-0.2, 0) is 10.9 Å². The number of carbonyl (C=O) groups is 1. The van der Waals surface area contributed by atoms with Crippen molar-refractivity contribution >= 4 is 52.1 Å². The van der Waals surface area contributed by atoms with Crippen LogP contribution in [0.15, 0.2) is 36.4 Å². The molecule has 1 aromatic carbocycles. The zero-order valence-corrected chi connectivity index (χ0v) is 10.7. The predicted molar refractivity (Wildman–Crippen MR) is 77.8 cm³/mol. The van der Waals surface area contributed by atoms with Crippen molar-refractivity contribution in [3.63, 3.8) is 0 Å². The molecular formula is C11H10LiNO4S2. The SMILES string of the molecule is O=C(O)c1ccc(-c2ccc(N[SH](=O)=O)s2)cc1.[LiH]. The van der Waals surface area contributed by atoms with Crippen molar-refractivity contribution in [1.82, 2.24) is 0 Å². The average Bonchev–Trinajstić information content (AvgIpc) is 2.76. The molecule has 5 nitrogen and oxygen atoms in total. The van der Waals surface area contributed by atoms with Gasteiger partial charge in [0.2, 0.25) is 10.9 Å². The summed E-state index contributed by atoms with van der Waals surface area (Å²) in [6.07, 6.45) is 0. The number of hydrogen-bond acceptors (Lipinski definition) is 4. The minimum absolute atomic E-state index is 0. The molecule has 0 aliphatic heterocycles. The van der Waals surface area contributed by atoms with Crippen molar-refractivity contribution in [3.05, 3.63) is 42.0 Å². The number of nitrogens with one attached hydrogen (secondary N) is 1. The van der Waals surface area contributed by atoms with Gasteiger partial charge in [-0.05, 0) is 29.8 Å². The Balaban J connectivity index is 0.00000180. The molecule has 0 aliphatic carbocycles. The molecule has 0 bridgehead atoms. The molecule has 0 saturated heterocycles. The van der Waals surface area contributed by atoms with E-state index in [0.29, 0.717) is 5.00 Å². The number of carboxylic acids is 1. The van der Waals surface area contributed by atoms with Crippen LogP contribution in [0.25, 0.3) is 10.4 Å². The quantitative estimate of drug-likeness (QED) is 0.587. The molecule has 0 radical (unpaired) electrons. The zero-order valence-electron chi connectivity index (χ0n) is 8.99. The molecule has 0 aliphatic rings. The van der Waals surface area contributed by atoms with Crippen LogP contribution < -0.4 is 4.72 Å². The van der Waals surface area contributed by atoms with Gasteiger partial charge in [-0.15, -0.1) is 11.3 Å². The Morgan fingerprint density at radius 1 is 1.11 bits per heavy atom. The molecule has 8 heteroatoms. The zero-order chi connectivity index (χ0) is 13.1. The van der Waals surface area contributed by atoms with E-state index in [2.05, 4.69) is 4.72 Å². The number of anilines is 1. The second kappa shape index (κ2) is 6.77. The first-order valence-corrected chi connectivity index (χ1v) is 6.90. The van der Waals surface area contributed by atoms with Gasteiger partial charge in [0.05, 0.1) is 5.56 Å². The average molecular weight is 291 g/mol. The number of carboxylic acid groups (broad SMARTS) is 1. The molecule has 0 spiro atoms. The van der Waals surface area contributed by atoms with Gasteiger partial charge in [0.15, 0.2) is 0 Å². The van der Waals surface area contributed by atoms with Crippen LogP contribution in [0.2, 0.25) is 0 Å². The van der Waals surface area contributed by atoms with Crippen molar-refractivity contribution in [2.45, 2.75) is 0 Å². The summed E-state index contributed by atoms with van der Waals surface area (Å²) < 4.78 is 23.3. The van der Waals surface area contributed by atoms with Crippen molar-refractivity contribution in [2.75, 3.05) is 4.72 Å². The molecule has 2 N–H and O–H groups in total. The number of benzene rings is 1. The number of thiophene rings is 1. The number of aromatic carboxylic acids is 1. The second-order valence-corrected chi connectivity index (χ2v) is 5.24. The van der Waals surface area contributed by atoms with Crippen molar-refractivity contribution in [1.29, 1.82) is 0 Å². The van der Waals surface area contributed by atoms with E-state index in [1.165, 1.54) is 23.5 Å². The van der Waals surface area contributed by atoms with Crippen LogP contribution in [0, 0.1) is 0 Å². The standard InChI is InChI=1S/C11H9NO4S2.Li.H/c13-11(14)8-3-1-7(2-4-8)9-5-6-10(17-9)12-18(15)16;;/h1-6,18H,(H,13,14)(H,12,15,16);;. The molecule has 19 heavy (non-hydrogen) atoms. The van der Waals surface area contributed by atoms with Crippen molar-refractivity contribution < 1.29 is 18.3 Å². The van der Waals surface area contributed by atoms with E-state index in [0.717, 1.165) is 10.4 Å². The van der Waals surface area contributed by atoms with Gasteiger partial charge in [-0.1, -0.05) is 12.1 Å². The number of rotatable bonds is 4. The summed E-state index contributed by atoms with van der Waals surface area (Å²) in [6.45, 7) is 0. The fraction of sp³-hybridized carbons (Fsp3) is 0. The van der Waals surface area contributed by atoms with Crippen LogP contribution in [-0.4, -0.2) is 38.4 Å². The van der Waals surface area contributed by atoms with Crippen LogP contribution in [0.4, 0.5) is 5.00 Å². The molecule has 96 valence electrons. The Kier molecular flexibility index (Phi) is 5.63. The van der Waals surface area contributed by atoms with Gasteiger partial charge >= 0.3 is 24.8 Å². The summed E-state index contributed by atoms with van der Waals surface area (Å²) >= 11 is 1.29. The minimum atomic E-state index is -2.66.